The number of nitrogens with zero attached hydrogens (tertiary/aromatic N) is 1. The van der Waals surface area contributed by atoms with Crippen LogP contribution in [0.25, 0.3) is 0 Å². The van der Waals surface area contributed by atoms with Gasteiger partial charge in [-0.05, 0) is 57.0 Å². The standard InChI is InChI=1S/C16H34N2O/c1-5-9-17-14(2)16(3,4)13-18-10-6-7-15(12-18)8-11-19/h14-15,17,19H,5-13H2,1-4H3. The van der Waals surface area contributed by atoms with Gasteiger partial charge in [0.1, 0.15) is 0 Å². The Morgan fingerprint density at radius 1 is 1.42 bits per heavy atom. The molecule has 0 aromatic rings. The highest BCUT2D eigenvalue weighted by molar-refractivity contribution is 4.85. The molecule has 2 unspecified atom stereocenters. The van der Waals surface area contributed by atoms with Crippen LogP contribution < -0.4 is 5.32 Å². The van der Waals surface area contributed by atoms with Gasteiger partial charge in [0.25, 0.3) is 0 Å². The lowest BCUT2D eigenvalue weighted by Gasteiger charge is -2.41. The normalized spacial score (nSPS) is 23.5. The van der Waals surface area contributed by atoms with Gasteiger partial charge in [-0.3, -0.25) is 0 Å². The average Bonchev–Trinajstić information content (AvgIpc) is 2.36. The van der Waals surface area contributed by atoms with Crippen LogP contribution in [0.15, 0.2) is 0 Å². The molecule has 1 fully saturated rings. The first-order chi connectivity index (χ1) is 8.99. The summed E-state index contributed by atoms with van der Waals surface area (Å²) in [5.74, 6) is 0.702. The van der Waals surface area contributed by atoms with Gasteiger partial charge >= 0.3 is 0 Å². The van der Waals surface area contributed by atoms with Gasteiger partial charge in [-0.2, -0.15) is 0 Å². The van der Waals surface area contributed by atoms with E-state index >= 15 is 0 Å². The predicted molar refractivity (Wildman–Crippen MR) is 82.4 cm³/mol. The molecule has 1 heterocycles. The Hall–Kier alpha value is -0.120. The molecule has 1 saturated heterocycles. The summed E-state index contributed by atoms with van der Waals surface area (Å²) >= 11 is 0. The first-order valence-electron chi connectivity index (χ1n) is 8.06. The maximum atomic E-state index is 9.09. The van der Waals surface area contributed by atoms with Crippen molar-refractivity contribution in [1.29, 1.82) is 0 Å². The Balaban J connectivity index is 2.42. The maximum absolute atomic E-state index is 9.09. The molecule has 1 rings (SSSR count). The van der Waals surface area contributed by atoms with Gasteiger partial charge in [-0.15, -0.1) is 0 Å². The van der Waals surface area contributed by atoms with E-state index in [1.807, 2.05) is 0 Å². The molecular formula is C16H34N2O. The number of aliphatic hydroxyl groups is 1. The molecule has 1 aliphatic rings. The van der Waals surface area contributed by atoms with Crippen molar-refractivity contribution < 1.29 is 5.11 Å². The smallest absolute Gasteiger partial charge is 0.0434 e. The minimum absolute atomic E-state index is 0.302. The Morgan fingerprint density at radius 2 is 2.16 bits per heavy atom. The molecule has 3 heteroatoms. The van der Waals surface area contributed by atoms with Gasteiger partial charge in [0.2, 0.25) is 0 Å². The van der Waals surface area contributed by atoms with Crippen LogP contribution in [0.1, 0.15) is 53.4 Å². The third kappa shape index (κ3) is 5.80. The van der Waals surface area contributed by atoms with Crippen LogP contribution in [0, 0.1) is 11.3 Å². The highest BCUT2D eigenvalue weighted by Crippen LogP contribution is 2.26. The molecule has 0 radical (unpaired) electrons. The summed E-state index contributed by atoms with van der Waals surface area (Å²) in [6.45, 7) is 14.3. The van der Waals surface area contributed by atoms with Crippen LogP contribution in [0.2, 0.25) is 0 Å². The molecule has 0 saturated carbocycles. The van der Waals surface area contributed by atoms with E-state index in [0.717, 1.165) is 19.5 Å². The number of hydrogen-bond acceptors (Lipinski definition) is 3. The van der Waals surface area contributed by atoms with Crippen LogP contribution in [0.4, 0.5) is 0 Å². The Bertz CT molecular complexity index is 241. The van der Waals surface area contributed by atoms with Crippen molar-refractivity contribution in [3.63, 3.8) is 0 Å². The van der Waals surface area contributed by atoms with Crippen molar-refractivity contribution >= 4 is 0 Å². The Labute approximate surface area is 119 Å². The molecule has 0 spiro atoms. The van der Waals surface area contributed by atoms with E-state index in [9.17, 15) is 0 Å². The summed E-state index contributed by atoms with van der Waals surface area (Å²) < 4.78 is 0. The fourth-order valence-electron chi connectivity index (χ4n) is 3.06. The third-order valence-electron chi connectivity index (χ3n) is 4.64. The van der Waals surface area contributed by atoms with E-state index in [-0.39, 0.29) is 0 Å². The fourth-order valence-corrected chi connectivity index (χ4v) is 3.06. The minimum Gasteiger partial charge on any atom is -0.396 e. The van der Waals surface area contributed by atoms with E-state index in [1.165, 1.54) is 32.4 Å². The second-order valence-electron chi connectivity index (χ2n) is 6.92. The van der Waals surface area contributed by atoms with E-state index in [2.05, 4.69) is 37.9 Å². The van der Waals surface area contributed by atoms with Crippen LogP contribution in [-0.2, 0) is 0 Å². The SMILES string of the molecule is CCCNC(C)C(C)(C)CN1CCCC(CCO)C1. The van der Waals surface area contributed by atoms with Gasteiger partial charge < -0.3 is 15.3 Å². The number of piperidine rings is 1. The van der Waals surface area contributed by atoms with Crippen molar-refractivity contribution in [2.45, 2.75) is 59.4 Å². The lowest BCUT2D eigenvalue weighted by molar-refractivity contribution is 0.0909. The third-order valence-corrected chi connectivity index (χ3v) is 4.64. The summed E-state index contributed by atoms with van der Waals surface area (Å²) in [7, 11) is 0. The van der Waals surface area contributed by atoms with E-state index in [4.69, 9.17) is 5.11 Å². The zero-order chi connectivity index (χ0) is 14.3. The molecule has 0 aromatic carbocycles. The molecule has 0 aliphatic carbocycles. The monoisotopic (exact) mass is 270 g/mol. The molecule has 1 aliphatic heterocycles. The van der Waals surface area contributed by atoms with E-state index < -0.39 is 0 Å². The number of hydrogen-bond donors (Lipinski definition) is 2. The van der Waals surface area contributed by atoms with Gasteiger partial charge in [-0.1, -0.05) is 20.8 Å². The van der Waals surface area contributed by atoms with Crippen LogP contribution in [0.3, 0.4) is 0 Å². The van der Waals surface area contributed by atoms with Crippen molar-refractivity contribution in [2.24, 2.45) is 11.3 Å². The molecule has 114 valence electrons. The van der Waals surface area contributed by atoms with E-state index in [0.29, 0.717) is 24.0 Å². The highest BCUT2D eigenvalue weighted by atomic mass is 16.3. The fraction of sp³-hybridized carbons (Fsp3) is 1.00. The summed E-state index contributed by atoms with van der Waals surface area (Å²) in [5.41, 5.74) is 0.302. The van der Waals surface area contributed by atoms with Crippen LogP contribution in [-0.4, -0.2) is 48.8 Å². The molecule has 2 N–H and O–H groups in total. The number of aliphatic hydroxyl groups excluding tert-OH is 1. The average molecular weight is 270 g/mol. The van der Waals surface area contributed by atoms with Crippen molar-refractivity contribution in [3.8, 4) is 0 Å². The second-order valence-corrected chi connectivity index (χ2v) is 6.92. The summed E-state index contributed by atoms with van der Waals surface area (Å²) in [6.07, 6.45) is 4.75. The quantitative estimate of drug-likeness (QED) is 0.711. The molecule has 2 atom stereocenters. The Kier molecular flexibility index (Phi) is 7.33. The van der Waals surface area contributed by atoms with E-state index in [1.54, 1.807) is 0 Å². The zero-order valence-corrected chi connectivity index (χ0v) is 13.4. The first-order valence-corrected chi connectivity index (χ1v) is 8.06. The van der Waals surface area contributed by atoms with Crippen LogP contribution in [0.5, 0.6) is 0 Å². The first kappa shape index (κ1) is 16.9. The Morgan fingerprint density at radius 3 is 2.79 bits per heavy atom. The van der Waals surface area contributed by atoms with Crippen molar-refractivity contribution in [3.05, 3.63) is 0 Å². The largest absolute Gasteiger partial charge is 0.396 e. The highest BCUT2D eigenvalue weighted by Gasteiger charge is 2.30. The summed E-state index contributed by atoms with van der Waals surface area (Å²) in [6, 6.07) is 0.547. The van der Waals surface area contributed by atoms with Gasteiger partial charge in [-0.25, -0.2) is 0 Å². The molecule has 19 heavy (non-hydrogen) atoms. The second kappa shape index (κ2) is 8.23. The molecule has 0 amide bonds. The van der Waals surface area contributed by atoms with Crippen molar-refractivity contribution in [1.82, 2.24) is 10.2 Å². The summed E-state index contributed by atoms with van der Waals surface area (Å²) in [4.78, 5) is 2.61. The lowest BCUT2D eigenvalue weighted by Crippen LogP contribution is -2.49. The molecule has 0 bridgehead atoms. The van der Waals surface area contributed by atoms with Gasteiger partial charge in [0.05, 0.1) is 0 Å². The molecule has 3 nitrogen and oxygen atoms in total. The minimum atomic E-state index is 0.302. The predicted octanol–water partition coefficient (Wildman–Crippen LogP) is 2.50. The number of likely N-dealkylation sites (tertiary alicyclic amines) is 1. The number of rotatable bonds is 8. The number of nitrogens with one attached hydrogen (secondary N) is 1. The van der Waals surface area contributed by atoms with Crippen molar-refractivity contribution in [2.75, 3.05) is 32.8 Å². The summed E-state index contributed by atoms with van der Waals surface area (Å²) in [5, 5.41) is 12.7. The van der Waals surface area contributed by atoms with Crippen LogP contribution >= 0.6 is 0 Å². The molecular weight excluding hydrogens is 236 g/mol. The van der Waals surface area contributed by atoms with Gasteiger partial charge in [0.15, 0.2) is 0 Å². The molecule has 0 aromatic heterocycles. The van der Waals surface area contributed by atoms with Gasteiger partial charge in [0, 0.05) is 25.7 Å². The topological polar surface area (TPSA) is 35.5 Å². The maximum Gasteiger partial charge on any atom is 0.0434 e. The zero-order valence-electron chi connectivity index (χ0n) is 13.4. The lowest BCUT2D eigenvalue weighted by atomic mass is 9.83.